The van der Waals surface area contributed by atoms with Crippen molar-refractivity contribution in [3.8, 4) is 0 Å². The molecular weight excluding hydrogens is 279 g/mol. The van der Waals surface area contributed by atoms with E-state index in [1.807, 2.05) is 19.9 Å². The number of nitrogens with zero attached hydrogens (tertiary/aromatic N) is 1. The Morgan fingerprint density at radius 2 is 1.38 bits per heavy atom. The lowest BCUT2D eigenvalue weighted by atomic mass is 10.1. The third kappa shape index (κ3) is 3.07. The molecule has 0 aliphatic rings. The lowest BCUT2D eigenvalue weighted by Gasteiger charge is -2.19. The van der Waals surface area contributed by atoms with Crippen LogP contribution in [-0.2, 0) is 0 Å². The average Bonchev–Trinajstić information content (AvgIpc) is 2.41. The highest BCUT2D eigenvalue weighted by Gasteiger charge is 2.19. The van der Waals surface area contributed by atoms with Crippen LogP contribution >= 0.6 is 0 Å². The van der Waals surface area contributed by atoms with Crippen molar-refractivity contribution in [1.82, 2.24) is 0 Å². The van der Waals surface area contributed by atoms with Gasteiger partial charge in [0.2, 0.25) is 0 Å². The van der Waals surface area contributed by atoms with Gasteiger partial charge >= 0.3 is 0 Å². The smallest absolute Gasteiger partial charge is 0.258 e. The summed E-state index contributed by atoms with van der Waals surface area (Å²) in [6.45, 7) is 3.76. The Bertz CT molecular complexity index is 669. The minimum atomic E-state index is -1.58. The molecule has 0 aliphatic heterocycles. The number of amides is 1. The summed E-state index contributed by atoms with van der Waals surface area (Å²) in [7, 11) is 1.50. The summed E-state index contributed by atoms with van der Waals surface area (Å²) >= 11 is 0. The number of anilines is 1. The van der Waals surface area contributed by atoms with Gasteiger partial charge in [-0.2, -0.15) is 0 Å². The third-order valence-corrected chi connectivity index (χ3v) is 3.13. The van der Waals surface area contributed by atoms with Gasteiger partial charge in [0.15, 0.2) is 17.5 Å². The maximum Gasteiger partial charge on any atom is 0.258 e. The predicted molar refractivity (Wildman–Crippen MR) is 75.0 cm³/mol. The molecule has 0 heterocycles. The highest BCUT2D eigenvalue weighted by molar-refractivity contribution is 6.05. The maximum atomic E-state index is 13.2. The molecule has 0 radical (unpaired) electrons. The quantitative estimate of drug-likeness (QED) is 0.766. The van der Waals surface area contributed by atoms with Crippen molar-refractivity contribution in [2.24, 2.45) is 0 Å². The van der Waals surface area contributed by atoms with Crippen LogP contribution in [0.3, 0.4) is 0 Å². The fraction of sp³-hybridized carbons (Fsp3) is 0.188. The van der Waals surface area contributed by atoms with Crippen molar-refractivity contribution in [3.63, 3.8) is 0 Å². The Morgan fingerprint density at radius 1 is 0.905 bits per heavy atom. The first-order valence-electron chi connectivity index (χ1n) is 6.30. The predicted octanol–water partition coefficient (Wildman–Crippen LogP) is 4.00. The molecule has 110 valence electrons. The molecule has 0 bridgehead atoms. The minimum Gasteiger partial charge on any atom is -0.311 e. The van der Waals surface area contributed by atoms with Crippen molar-refractivity contribution >= 4 is 11.6 Å². The van der Waals surface area contributed by atoms with Crippen molar-refractivity contribution in [2.75, 3.05) is 11.9 Å². The van der Waals surface area contributed by atoms with E-state index >= 15 is 0 Å². The molecule has 5 heteroatoms. The van der Waals surface area contributed by atoms with Crippen LogP contribution in [0, 0.1) is 31.3 Å². The second kappa shape index (κ2) is 5.60. The van der Waals surface area contributed by atoms with E-state index in [-0.39, 0.29) is 5.56 Å². The summed E-state index contributed by atoms with van der Waals surface area (Å²) in [6, 6.07) is 6.89. The second-order valence-electron chi connectivity index (χ2n) is 4.96. The molecule has 2 rings (SSSR count). The summed E-state index contributed by atoms with van der Waals surface area (Å²) in [5.41, 5.74) is 2.28. The zero-order valence-electron chi connectivity index (χ0n) is 11.9. The third-order valence-electron chi connectivity index (χ3n) is 3.13. The number of carbonyl (C=O) groups excluding carboxylic acids is 1. The molecule has 0 aliphatic carbocycles. The van der Waals surface area contributed by atoms with Crippen molar-refractivity contribution in [1.29, 1.82) is 0 Å². The Kier molecular flexibility index (Phi) is 4.02. The molecule has 0 saturated heterocycles. The number of aryl methyl sites for hydroxylation is 2. The largest absolute Gasteiger partial charge is 0.311 e. The first-order chi connectivity index (χ1) is 9.79. The monoisotopic (exact) mass is 293 g/mol. The highest BCUT2D eigenvalue weighted by atomic mass is 19.2. The number of carbonyl (C=O) groups is 1. The van der Waals surface area contributed by atoms with Crippen LogP contribution in [-0.4, -0.2) is 13.0 Å². The molecule has 0 saturated carbocycles. The topological polar surface area (TPSA) is 20.3 Å². The summed E-state index contributed by atoms with van der Waals surface area (Å²) in [5.74, 6) is -4.96. The molecule has 0 aromatic heterocycles. The molecule has 2 aromatic carbocycles. The maximum absolute atomic E-state index is 13.2. The van der Waals surface area contributed by atoms with E-state index in [0.29, 0.717) is 17.8 Å². The van der Waals surface area contributed by atoms with Gasteiger partial charge in [-0.05, 0) is 49.2 Å². The normalized spacial score (nSPS) is 10.6. The van der Waals surface area contributed by atoms with Gasteiger partial charge in [-0.25, -0.2) is 13.2 Å². The van der Waals surface area contributed by atoms with Gasteiger partial charge in [0.05, 0.1) is 0 Å². The molecular formula is C16H14F3NO. The van der Waals surface area contributed by atoms with Gasteiger partial charge in [-0.3, -0.25) is 4.79 Å². The molecule has 0 fully saturated rings. The first-order valence-corrected chi connectivity index (χ1v) is 6.30. The Hall–Kier alpha value is -2.30. The molecule has 2 nitrogen and oxygen atoms in total. The molecule has 0 spiro atoms. The zero-order valence-corrected chi connectivity index (χ0v) is 11.9. The molecule has 1 amide bonds. The van der Waals surface area contributed by atoms with Crippen LogP contribution in [0.5, 0.6) is 0 Å². The van der Waals surface area contributed by atoms with Crippen molar-refractivity contribution in [2.45, 2.75) is 13.8 Å². The van der Waals surface area contributed by atoms with Gasteiger partial charge in [0.1, 0.15) is 0 Å². The summed E-state index contributed by atoms with van der Waals surface area (Å²) in [4.78, 5) is 13.5. The minimum absolute atomic E-state index is 0.243. The van der Waals surface area contributed by atoms with Crippen LogP contribution in [0.4, 0.5) is 18.9 Å². The number of hydrogen-bond acceptors (Lipinski definition) is 1. The highest BCUT2D eigenvalue weighted by Crippen LogP contribution is 2.21. The summed E-state index contributed by atoms with van der Waals surface area (Å²) in [5, 5.41) is 0. The van der Waals surface area contributed by atoms with E-state index in [1.54, 1.807) is 12.1 Å². The van der Waals surface area contributed by atoms with E-state index in [0.717, 1.165) is 11.1 Å². The van der Waals surface area contributed by atoms with Gasteiger partial charge in [-0.15, -0.1) is 0 Å². The summed E-state index contributed by atoms with van der Waals surface area (Å²) < 4.78 is 39.3. The van der Waals surface area contributed by atoms with Crippen LogP contribution < -0.4 is 4.90 Å². The van der Waals surface area contributed by atoms with Gasteiger partial charge in [-0.1, -0.05) is 6.07 Å². The number of hydrogen-bond donors (Lipinski definition) is 0. The number of benzene rings is 2. The zero-order chi connectivity index (χ0) is 15.7. The van der Waals surface area contributed by atoms with Crippen molar-refractivity contribution in [3.05, 3.63) is 64.5 Å². The van der Waals surface area contributed by atoms with E-state index in [1.165, 1.54) is 11.9 Å². The van der Waals surface area contributed by atoms with Gasteiger partial charge in [0.25, 0.3) is 5.91 Å². The fourth-order valence-corrected chi connectivity index (χ4v) is 2.13. The van der Waals surface area contributed by atoms with E-state index in [4.69, 9.17) is 0 Å². The molecule has 0 atom stereocenters. The standard InChI is InChI=1S/C16H14F3NO/c1-9-4-10(2)6-12(5-9)20(3)16(21)11-7-13(17)15(19)14(18)8-11/h4-8H,1-3H3. The molecule has 21 heavy (non-hydrogen) atoms. The SMILES string of the molecule is Cc1cc(C)cc(N(C)C(=O)c2cc(F)c(F)c(F)c2)c1. The van der Waals surface area contributed by atoms with Gasteiger partial charge in [0, 0.05) is 18.3 Å². The Balaban J connectivity index is 2.39. The molecule has 0 unspecified atom stereocenters. The Morgan fingerprint density at radius 3 is 1.86 bits per heavy atom. The van der Waals surface area contributed by atoms with E-state index in [9.17, 15) is 18.0 Å². The molecule has 2 aromatic rings. The number of rotatable bonds is 2. The van der Waals surface area contributed by atoms with E-state index in [2.05, 4.69) is 0 Å². The van der Waals surface area contributed by atoms with Crippen LogP contribution in [0.25, 0.3) is 0 Å². The first kappa shape index (κ1) is 15.1. The average molecular weight is 293 g/mol. The lowest BCUT2D eigenvalue weighted by Crippen LogP contribution is -2.26. The Labute approximate surface area is 120 Å². The van der Waals surface area contributed by atoms with Crippen LogP contribution in [0.2, 0.25) is 0 Å². The van der Waals surface area contributed by atoms with Crippen LogP contribution in [0.15, 0.2) is 30.3 Å². The number of halogens is 3. The lowest BCUT2D eigenvalue weighted by molar-refractivity contribution is 0.0992. The van der Waals surface area contributed by atoms with E-state index < -0.39 is 23.4 Å². The summed E-state index contributed by atoms with van der Waals surface area (Å²) in [6.07, 6.45) is 0. The second-order valence-corrected chi connectivity index (χ2v) is 4.96. The fourth-order valence-electron chi connectivity index (χ4n) is 2.13. The van der Waals surface area contributed by atoms with Gasteiger partial charge < -0.3 is 4.90 Å². The molecule has 0 N–H and O–H groups in total. The van der Waals surface area contributed by atoms with Crippen LogP contribution in [0.1, 0.15) is 21.5 Å². The van der Waals surface area contributed by atoms with Crippen molar-refractivity contribution < 1.29 is 18.0 Å².